The predicted octanol–water partition coefficient (Wildman–Crippen LogP) is 3.22. The van der Waals surface area contributed by atoms with E-state index < -0.39 is 11.7 Å². The molecule has 1 aliphatic carbocycles. The van der Waals surface area contributed by atoms with Gasteiger partial charge in [0.15, 0.2) is 0 Å². The van der Waals surface area contributed by atoms with Crippen LogP contribution in [0.15, 0.2) is 36.7 Å². The van der Waals surface area contributed by atoms with Crippen LogP contribution in [0.25, 0.3) is 10.9 Å². The number of aryl methyl sites for hydroxylation is 1. The molecule has 1 aliphatic rings. The number of fused-ring (bicyclic) bond motifs is 1. The first-order valence-corrected chi connectivity index (χ1v) is 9.14. The highest BCUT2D eigenvalue weighted by Crippen LogP contribution is 2.43. The van der Waals surface area contributed by atoms with Gasteiger partial charge in [0.25, 0.3) is 5.91 Å². The zero-order chi connectivity index (χ0) is 19.7. The Hall–Kier alpha value is -2.97. The molecule has 1 amide bonds. The number of anilines is 2. The zero-order valence-electron chi connectivity index (χ0n) is 15.4. The smallest absolute Gasteiger partial charge is 0.293 e. The van der Waals surface area contributed by atoms with E-state index in [-0.39, 0.29) is 24.9 Å². The fraction of sp³-hybridized carbons (Fsp3) is 0.300. The van der Waals surface area contributed by atoms with Gasteiger partial charge in [-0.15, -0.1) is 0 Å². The SMILES string of the molecule is Cc1ccc(Nc2c(C(=O)NOCCO)n(C3CC3)c3ccncc23)c(F)c1. The maximum Gasteiger partial charge on any atom is 0.293 e. The number of aliphatic hydroxyl groups excluding tert-OH is 1. The number of hydrogen-bond acceptors (Lipinski definition) is 5. The molecule has 0 saturated heterocycles. The van der Waals surface area contributed by atoms with Crippen molar-refractivity contribution >= 4 is 28.2 Å². The average molecular weight is 384 g/mol. The van der Waals surface area contributed by atoms with Crippen molar-refractivity contribution in [2.24, 2.45) is 0 Å². The van der Waals surface area contributed by atoms with E-state index in [0.717, 1.165) is 29.3 Å². The number of rotatable bonds is 7. The van der Waals surface area contributed by atoms with Crippen molar-refractivity contribution in [3.8, 4) is 0 Å². The lowest BCUT2D eigenvalue weighted by molar-refractivity contribution is 0.0163. The second kappa shape index (κ2) is 7.57. The number of hydrogen-bond donors (Lipinski definition) is 3. The Morgan fingerprint density at radius 1 is 1.39 bits per heavy atom. The molecule has 3 N–H and O–H groups in total. The van der Waals surface area contributed by atoms with Crippen LogP contribution in [0.3, 0.4) is 0 Å². The monoisotopic (exact) mass is 384 g/mol. The van der Waals surface area contributed by atoms with Crippen molar-refractivity contribution in [1.82, 2.24) is 15.0 Å². The molecule has 7 nitrogen and oxygen atoms in total. The Kier molecular flexibility index (Phi) is 4.97. The normalized spacial score (nSPS) is 13.7. The van der Waals surface area contributed by atoms with Gasteiger partial charge in [0.1, 0.15) is 11.5 Å². The van der Waals surface area contributed by atoms with Gasteiger partial charge in [0.2, 0.25) is 0 Å². The van der Waals surface area contributed by atoms with Crippen LogP contribution < -0.4 is 10.8 Å². The van der Waals surface area contributed by atoms with Crippen molar-refractivity contribution in [2.75, 3.05) is 18.5 Å². The summed E-state index contributed by atoms with van der Waals surface area (Å²) in [6, 6.07) is 6.92. The van der Waals surface area contributed by atoms with Crippen molar-refractivity contribution in [2.45, 2.75) is 25.8 Å². The van der Waals surface area contributed by atoms with Crippen molar-refractivity contribution < 1.29 is 19.1 Å². The molecular weight excluding hydrogens is 363 g/mol. The number of amides is 1. The summed E-state index contributed by atoms with van der Waals surface area (Å²) < 4.78 is 16.4. The highest BCUT2D eigenvalue weighted by atomic mass is 19.1. The fourth-order valence-corrected chi connectivity index (χ4v) is 3.29. The number of aliphatic hydroxyl groups is 1. The third kappa shape index (κ3) is 3.44. The van der Waals surface area contributed by atoms with Gasteiger partial charge in [-0.1, -0.05) is 6.07 Å². The van der Waals surface area contributed by atoms with Crippen LogP contribution in [0.2, 0.25) is 0 Å². The number of aromatic nitrogens is 2. The molecule has 0 spiro atoms. The van der Waals surface area contributed by atoms with Crippen LogP contribution >= 0.6 is 0 Å². The summed E-state index contributed by atoms with van der Waals surface area (Å²) in [6.45, 7) is 1.58. The lowest BCUT2D eigenvalue weighted by Gasteiger charge is -2.13. The quantitative estimate of drug-likeness (QED) is 0.430. The van der Waals surface area contributed by atoms with Gasteiger partial charge >= 0.3 is 0 Å². The van der Waals surface area contributed by atoms with E-state index in [1.807, 2.05) is 17.6 Å². The molecule has 3 aromatic rings. The van der Waals surface area contributed by atoms with Crippen LogP contribution in [-0.2, 0) is 4.84 Å². The Bertz CT molecular complexity index is 1030. The number of nitrogens with one attached hydrogen (secondary N) is 2. The summed E-state index contributed by atoms with van der Waals surface area (Å²) in [5.41, 5.74) is 5.11. The van der Waals surface area contributed by atoms with Crippen LogP contribution in [0.5, 0.6) is 0 Å². The van der Waals surface area contributed by atoms with Gasteiger partial charge in [0.05, 0.1) is 30.1 Å². The molecule has 28 heavy (non-hydrogen) atoms. The molecule has 146 valence electrons. The van der Waals surface area contributed by atoms with Crippen LogP contribution in [0, 0.1) is 12.7 Å². The number of pyridine rings is 1. The second-order valence-electron chi connectivity index (χ2n) is 6.83. The number of nitrogens with zero attached hydrogens (tertiary/aromatic N) is 2. The third-order valence-corrected chi connectivity index (χ3v) is 4.67. The first-order chi connectivity index (χ1) is 13.6. The molecule has 0 bridgehead atoms. The summed E-state index contributed by atoms with van der Waals surface area (Å²) in [4.78, 5) is 22.1. The Morgan fingerprint density at radius 2 is 2.21 bits per heavy atom. The topological polar surface area (TPSA) is 88.4 Å². The second-order valence-corrected chi connectivity index (χ2v) is 6.83. The molecule has 1 fully saturated rings. The summed E-state index contributed by atoms with van der Waals surface area (Å²) in [5, 5.41) is 12.7. The van der Waals surface area contributed by atoms with E-state index in [0.29, 0.717) is 11.4 Å². The summed E-state index contributed by atoms with van der Waals surface area (Å²) >= 11 is 0. The minimum Gasteiger partial charge on any atom is -0.394 e. The van der Waals surface area contributed by atoms with Gasteiger partial charge in [-0.05, 0) is 43.5 Å². The van der Waals surface area contributed by atoms with E-state index in [4.69, 9.17) is 9.94 Å². The van der Waals surface area contributed by atoms with Gasteiger partial charge in [-0.2, -0.15) is 0 Å². The molecule has 8 heteroatoms. The van der Waals surface area contributed by atoms with Crippen LogP contribution in [0.1, 0.15) is 34.9 Å². The third-order valence-electron chi connectivity index (χ3n) is 4.67. The number of carbonyl (C=O) groups excluding carboxylic acids is 1. The molecule has 2 aromatic heterocycles. The molecule has 2 heterocycles. The lowest BCUT2D eigenvalue weighted by Crippen LogP contribution is -2.28. The Morgan fingerprint density at radius 3 is 2.93 bits per heavy atom. The maximum absolute atomic E-state index is 14.5. The largest absolute Gasteiger partial charge is 0.394 e. The summed E-state index contributed by atoms with van der Waals surface area (Å²) in [6.07, 6.45) is 5.25. The van der Waals surface area contributed by atoms with E-state index in [2.05, 4.69) is 15.8 Å². The van der Waals surface area contributed by atoms with Gasteiger partial charge in [-0.3, -0.25) is 14.6 Å². The Labute approximate surface area is 161 Å². The van der Waals surface area contributed by atoms with Gasteiger partial charge in [-0.25, -0.2) is 9.87 Å². The molecule has 0 radical (unpaired) electrons. The molecular formula is C20H21FN4O3. The molecule has 0 unspecified atom stereocenters. The van der Waals surface area contributed by atoms with Crippen LogP contribution in [-0.4, -0.2) is 33.8 Å². The number of halogens is 1. The standard InChI is InChI=1S/C20H21FN4O3/c1-12-2-5-16(15(21)10-12)23-18-14-11-22-7-6-17(14)25(13-3-4-13)19(18)20(27)24-28-9-8-26/h2,5-7,10-11,13,23,26H,3-4,8-9H2,1H3,(H,24,27). The number of carbonyl (C=O) groups is 1. The maximum atomic E-state index is 14.5. The predicted molar refractivity (Wildman–Crippen MR) is 103 cm³/mol. The molecule has 1 saturated carbocycles. The van der Waals surface area contributed by atoms with Crippen molar-refractivity contribution in [1.29, 1.82) is 0 Å². The minimum absolute atomic E-state index is 0.0215. The number of benzene rings is 1. The summed E-state index contributed by atoms with van der Waals surface area (Å²) in [5.74, 6) is -0.870. The Balaban J connectivity index is 1.83. The first-order valence-electron chi connectivity index (χ1n) is 9.14. The minimum atomic E-state index is -0.466. The van der Waals surface area contributed by atoms with E-state index in [1.54, 1.807) is 24.5 Å². The van der Waals surface area contributed by atoms with Gasteiger partial charge < -0.3 is 15.0 Å². The molecule has 4 rings (SSSR count). The fourth-order valence-electron chi connectivity index (χ4n) is 3.29. The van der Waals surface area contributed by atoms with Gasteiger partial charge in [0, 0.05) is 23.8 Å². The molecule has 1 aromatic carbocycles. The van der Waals surface area contributed by atoms with Crippen molar-refractivity contribution in [3.63, 3.8) is 0 Å². The van der Waals surface area contributed by atoms with Crippen LogP contribution in [0.4, 0.5) is 15.8 Å². The first kappa shape index (κ1) is 18.4. The van der Waals surface area contributed by atoms with Crippen molar-refractivity contribution in [3.05, 3.63) is 53.7 Å². The van der Waals surface area contributed by atoms with E-state index in [1.165, 1.54) is 6.07 Å². The highest BCUT2D eigenvalue weighted by molar-refractivity contribution is 6.09. The molecule has 0 aliphatic heterocycles. The van der Waals surface area contributed by atoms with E-state index in [9.17, 15) is 9.18 Å². The average Bonchev–Trinajstić information content (AvgIpc) is 3.47. The molecule has 0 atom stereocenters. The summed E-state index contributed by atoms with van der Waals surface area (Å²) in [7, 11) is 0. The van der Waals surface area contributed by atoms with E-state index >= 15 is 0 Å². The highest BCUT2D eigenvalue weighted by Gasteiger charge is 2.33. The zero-order valence-corrected chi connectivity index (χ0v) is 15.4. The lowest BCUT2D eigenvalue weighted by atomic mass is 10.2. The number of hydroxylamine groups is 1.